The lowest BCUT2D eigenvalue weighted by atomic mass is 9.91. The smallest absolute Gasteiger partial charge is 0.301 e. The van der Waals surface area contributed by atoms with Gasteiger partial charge in [0, 0.05) is 7.05 Å². The summed E-state index contributed by atoms with van der Waals surface area (Å²) < 4.78 is 55.8. The van der Waals surface area contributed by atoms with Gasteiger partial charge in [-0.05, 0) is 76.1 Å². The van der Waals surface area contributed by atoms with Crippen LogP contribution < -0.4 is 9.62 Å². The molecule has 32 heavy (non-hydrogen) atoms. The summed E-state index contributed by atoms with van der Waals surface area (Å²) in [4.78, 5) is -0.353. The number of hydrogen-bond donors (Lipinski definition) is 1. The third-order valence-corrected chi connectivity index (χ3v) is 8.47. The highest BCUT2D eigenvalue weighted by Gasteiger charge is 2.37. The van der Waals surface area contributed by atoms with Gasteiger partial charge in [0.15, 0.2) is 0 Å². The van der Waals surface area contributed by atoms with E-state index >= 15 is 0 Å². The normalized spacial score (nSPS) is 19.5. The lowest BCUT2D eigenvalue weighted by Gasteiger charge is -2.26. The summed E-state index contributed by atoms with van der Waals surface area (Å²) in [5.74, 6) is 0.555. The number of benzene rings is 1. The van der Waals surface area contributed by atoms with E-state index < -0.39 is 16.6 Å². The topological polar surface area (TPSA) is 67.2 Å². The Morgan fingerprint density at radius 2 is 2.06 bits per heavy atom. The number of rotatable bonds is 8. The van der Waals surface area contributed by atoms with Gasteiger partial charge in [-0.15, -0.1) is 11.6 Å². The number of nitrogens with zero attached hydrogens (tertiary/aromatic N) is 3. The van der Waals surface area contributed by atoms with Crippen LogP contribution in [-0.2, 0) is 23.5 Å². The first-order valence-corrected chi connectivity index (χ1v) is 12.8. The van der Waals surface area contributed by atoms with Gasteiger partial charge in [-0.2, -0.15) is 13.9 Å². The quantitative estimate of drug-likeness (QED) is 0.402. The highest BCUT2D eigenvalue weighted by atomic mass is 35.5. The van der Waals surface area contributed by atoms with Gasteiger partial charge < -0.3 is 5.32 Å². The van der Waals surface area contributed by atoms with E-state index in [9.17, 15) is 17.2 Å². The predicted octanol–water partition coefficient (Wildman–Crippen LogP) is 5.00. The summed E-state index contributed by atoms with van der Waals surface area (Å²) in [7, 11) is -3.03. The standard InChI is InChI=1S/C21H28Cl2F2N4O2S/c1-13-20(14(2)28(3)27-13)29(21(24)25)32(30,31)18-8-7-15(11-17(18)22)5-4-6-16-9-10-26-19(23)12-16/h7-8,11,16,19,21,26H,4-6,9-10,12H2,1-3H3. The van der Waals surface area contributed by atoms with Gasteiger partial charge in [-0.25, -0.2) is 12.7 Å². The zero-order valence-electron chi connectivity index (χ0n) is 18.3. The van der Waals surface area contributed by atoms with Crippen molar-refractivity contribution in [3.63, 3.8) is 0 Å². The lowest BCUT2D eigenvalue weighted by molar-refractivity contribution is 0.161. The number of hydrogen-bond acceptors (Lipinski definition) is 4. The maximum absolute atomic E-state index is 14.0. The maximum atomic E-state index is 14.0. The van der Waals surface area contributed by atoms with Gasteiger partial charge in [0.05, 0.1) is 21.9 Å². The zero-order chi connectivity index (χ0) is 23.6. The van der Waals surface area contributed by atoms with E-state index in [4.69, 9.17) is 23.2 Å². The molecule has 0 bridgehead atoms. The Morgan fingerprint density at radius 3 is 2.62 bits per heavy atom. The minimum atomic E-state index is -4.60. The Labute approximate surface area is 197 Å². The Kier molecular flexibility index (Phi) is 8.06. The Bertz CT molecular complexity index is 1060. The lowest BCUT2D eigenvalue weighted by Crippen LogP contribution is -2.36. The first kappa shape index (κ1) is 25.2. The van der Waals surface area contributed by atoms with Crippen LogP contribution in [-0.4, -0.2) is 36.8 Å². The molecule has 1 aromatic carbocycles. The highest BCUT2D eigenvalue weighted by molar-refractivity contribution is 7.93. The molecule has 11 heteroatoms. The predicted molar refractivity (Wildman–Crippen MR) is 123 cm³/mol. The van der Waals surface area contributed by atoms with Crippen LogP contribution in [0.3, 0.4) is 0 Å². The maximum Gasteiger partial charge on any atom is 0.328 e. The fourth-order valence-electron chi connectivity index (χ4n) is 4.21. The summed E-state index contributed by atoms with van der Waals surface area (Å²) in [6.07, 6.45) is 4.65. The Balaban J connectivity index is 1.79. The number of halogens is 4. The fourth-order valence-corrected chi connectivity index (χ4v) is 6.54. The van der Waals surface area contributed by atoms with Gasteiger partial charge >= 0.3 is 6.55 Å². The minimum Gasteiger partial charge on any atom is -0.301 e. The Morgan fingerprint density at radius 1 is 1.34 bits per heavy atom. The largest absolute Gasteiger partial charge is 0.328 e. The van der Waals surface area contributed by atoms with Gasteiger partial charge in [0.1, 0.15) is 10.6 Å². The van der Waals surface area contributed by atoms with Crippen molar-refractivity contribution >= 4 is 38.9 Å². The summed E-state index contributed by atoms with van der Waals surface area (Å²) in [5, 5.41) is 7.21. The van der Waals surface area contributed by atoms with Crippen LogP contribution in [0, 0.1) is 19.8 Å². The average molecular weight is 509 g/mol. The Hall–Kier alpha value is -1.42. The van der Waals surface area contributed by atoms with Crippen molar-refractivity contribution in [1.29, 1.82) is 0 Å². The molecule has 178 valence electrons. The summed E-state index contributed by atoms with van der Waals surface area (Å²) in [6, 6.07) is 4.49. The molecule has 1 saturated heterocycles. The number of aromatic nitrogens is 2. The molecule has 0 radical (unpaired) electrons. The van der Waals surface area contributed by atoms with Gasteiger partial charge in [0.2, 0.25) is 0 Å². The van der Waals surface area contributed by atoms with Crippen LogP contribution >= 0.6 is 23.2 Å². The second-order valence-electron chi connectivity index (χ2n) is 8.19. The SMILES string of the molecule is Cc1nn(C)c(C)c1N(C(F)F)S(=O)(=O)c1ccc(CCCC2CCNC(Cl)C2)cc1Cl. The first-order valence-electron chi connectivity index (χ1n) is 10.5. The second kappa shape index (κ2) is 10.2. The van der Waals surface area contributed by atoms with Crippen molar-refractivity contribution in [2.24, 2.45) is 13.0 Å². The molecule has 2 heterocycles. The fraction of sp³-hybridized carbons (Fsp3) is 0.571. The molecule has 1 N–H and O–H groups in total. The number of aryl methyl sites for hydroxylation is 3. The van der Waals surface area contributed by atoms with Crippen LogP contribution in [0.4, 0.5) is 14.5 Å². The summed E-state index contributed by atoms with van der Waals surface area (Å²) >= 11 is 12.4. The molecule has 0 saturated carbocycles. The molecular formula is C21H28Cl2F2N4O2S. The van der Waals surface area contributed by atoms with E-state index in [2.05, 4.69) is 10.4 Å². The van der Waals surface area contributed by atoms with Crippen molar-refractivity contribution in [3.8, 4) is 0 Å². The molecule has 1 aliphatic rings. The molecule has 6 nitrogen and oxygen atoms in total. The monoisotopic (exact) mass is 508 g/mol. The first-order chi connectivity index (χ1) is 15.0. The van der Waals surface area contributed by atoms with E-state index in [0.29, 0.717) is 11.6 Å². The zero-order valence-corrected chi connectivity index (χ0v) is 20.6. The van der Waals surface area contributed by atoms with E-state index in [0.717, 1.165) is 44.2 Å². The second-order valence-corrected chi connectivity index (χ2v) is 10.9. The van der Waals surface area contributed by atoms with Crippen LogP contribution in [0.15, 0.2) is 23.1 Å². The van der Waals surface area contributed by atoms with E-state index in [1.54, 1.807) is 26.1 Å². The number of piperidine rings is 1. The van der Waals surface area contributed by atoms with Crippen LogP contribution in [0.5, 0.6) is 0 Å². The van der Waals surface area contributed by atoms with Gasteiger partial charge in [-0.1, -0.05) is 17.7 Å². The van der Waals surface area contributed by atoms with Crippen molar-refractivity contribution in [3.05, 3.63) is 40.2 Å². The van der Waals surface area contributed by atoms with Crippen molar-refractivity contribution in [2.75, 3.05) is 10.8 Å². The molecular weight excluding hydrogens is 481 g/mol. The molecule has 1 fully saturated rings. The highest BCUT2D eigenvalue weighted by Crippen LogP contribution is 2.35. The van der Waals surface area contributed by atoms with Gasteiger partial charge in [-0.3, -0.25) is 4.68 Å². The number of nitrogens with one attached hydrogen (secondary N) is 1. The molecule has 0 amide bonds. The van der Waals surface area contributed by atoms with Crippen LogP contribution in [0.25, 0.3) is 0 Å². The third kappa shape index (κ3) is 5.38. The summed E-state index contributed by atoms with van der Waals surface area (Å²) in [6.45, 7) is 0.661. The number of alkyl halides is 3. The number of sulfonamides is 1. The third-order valence-electron chi connectivity index (χ3n) is 5.94. The van der Waals surface area contributed by atoms with Crippen molar-refractivity contribution in [2.45, 2.75) is 62.9 Å². The van der Waals surface area contributed by atoms with Crippen molar-refractivity contribution < 1.29 is 17.2 Å². The molecule has 2 aromatic rings. The molecule has 3 rings (SSSR count). The summed E-state index contributed by atoms with van der Waals surface area (Å²) in [5.41, 5.74) is 1.25. The molecule has 1 aliphatic heterocycles. The molecule has 2 atom stereocenters. The van der Waals surface area contributed by atoms with Crippen molar-refractivity contribution in [1.82, 2.24) is 15.1 Å². The van der Waals surface area contributed by atoms with E-state index in [-0.39, 0.29) is 31.1 Å². The molecule has 1 aromatic heterocycles. The average Bonchev–Trinajstić information content (AvgIpc) is 2.94. The molecule has 0 aliphatic carbocycles. The van der Waals surface area contributed by atoms with Crippen LogP contribution in [0.1, 0.15) is 42.6 Å². The molecule has 2 unspecified atom stereocenters. The van der Waals surface area contributed by atoms with E-state index in [1.807, 2.05) is 0 Å². The number of anilines is 1. The van der Waals surface area contributed by atoms with Gasteiger partial charge in [0.25, 0.3) is 10.0 Å². The van der Waals surface area contributed by atoms with Crippen LogP contribution in [0.2, 0.25) is 5.02 Å². The minimum absolute atomic E-state index is 0.0116. The van der Waals surface area contributed by atoms with E-state index in [1.165, 1.54) is 17.7 Å². The molecule has 0 spiro atoms.